The number of carboxylic acids is 1. The zero-order chi connectivity index (χ0) is 13.2. The maximum Gasteiger partial charge on any atom is 0.364 e. The molecular weight excluding hydrogens is 242 g/mol. The summed E-state index contributed by atoms with van der Waals surface area (Å²) in [5.74, 6) is -3.42. The van der Waals surface area contributed by atoms with Gasteiger partial charge in [0, 0.05) is 6.07 Å². The lowest BCUT2D eigenvalue weighted by Gasteiger charge is -2.04. The van der Waals surface area contributed by atoms with Gasteiger partial charge < -0.3 is 20.3 Å². The molecule has 0 saturated carbocycles. The van der Waals surface area contributed by atoms with Gasteiger partial charge in [0.15, 0.2) is 5.75 Å². The highest BCUT2D eigenvalue weighted by atomic mass is 19.3. The van der Waals surface area contributed by atoms with Gasteiger partial charge in [0.1, 0.15) is 6.42 Å². The van der Waals surface area contributed by atoms with Crippen molar-refractivity contribution in [3.63, 3.8) is 0 Å². The number of halogens is 2. The van der Waals surface area contributed by atoms with E-state index in [9.17, 15) is 28.8 Å². The highest BCUT2D eigenvalue weighted by Crippen LogP contribution is 2.33. The van der Waals surface area contributed by atoms with Crippen molar-refractivity contribution in [2.24, 2.45) is 0 Å². The summed E-state index contributed by atoms with van der Waals surface area (Å²) in [5, 5.41) is 28.1. The van der Waals surface area contributed by atoms with E-state index in [1.54, 1.807) is 0 Å². The smallest absolute Gasteiger partial charge is 0.364 e. The summed E-state index contributed by atoms with van der Waals surface area (Å²) in [6.07, 6.45) is -4.04. The summed E-state index contributed by atoms with van der Waals surface area (Å²) in [6, 6.07) is 0.408. The number of nitrogens with zero attached hydrogens (tertiary/aromatic N) is 2. The third-order valence-corrected chi connectivity index (χ3v) is 1.82. The molecule has 0 fully saturated rings. The zero-order valence-corrected chi connectivity index (χ0v) is 8.13. The normalized spacial score (nSPS) is 10.5. The number of aliphatic carboxylic acids is 1. The van der Waals surface area contributed by atoms with E-state index in [0.717, 1.165) is 0 Å². The predicted octanol–water partition coefficient (Wildman–Crippen LogP) is 1.26. The fourth-order valence-electron chi connectivity index (χ4n) is 1.12. The SMILES string of the molecule is O=C(O)Cc1nc([N+](=O)[O-])cc(C(F)F)c1O. The van der Waals surface area contributed by atoms with Gasteiger partial charge in [-0.3, -0.25) is 4.79 Å². The van der Waals surface area contributed by atoms with Gasteiger partial charge in [-0.2, -0.15) is 0 Å². The average Bonchev–Trinajstić information content (AvgIpc) is 2.19. The largest absolute Gasteiger partial charge is 0.504 e. The Morgan fingerprint density at radius 3 is 2.59 bits per heavy atom. The Kier molecular flexibility index (Phi) is 3.51. The van der Waals surface area contributed by atoms with Crippen LogP contribution in [0, 0.1) is 10.1 Å². The number of hydrogen-bond acceptors (Lipinski definition) is 5. The number of carbonyl (C=O) groups is 1. The summed E-state index contributed by atoms with van der Waals surface area (Å²) >= 11 is 0. The molecule has 0 aliphatic carbocycles. The lowest BCUT2D eigenvalue weighted by molar-refractivity contribution is -0.389. The number of aromatic hydroxyl groups is 1. The van der Waals surface area contributed by atoms with Crippen LogP contribution < -0.4 is 0 Å². The standard InChI is InChI=1S/C8H6F2N2O5/c9-8(10)3-1-5(12(16)17)11-4(7(3)15)2-6(13)14/h1,8,15H,2H2,(H,13,14). The number of rotatable bonds is 4. The van der Waals surface area contributed by atoms with Gasteiger partial charge in [0.05, 0.1) is 5.56 Å². The number of nitro groups is 1. The molecule has 1 aromatic rings. The molecule has 7 nitrogen and oxygen atoms in total. The highest BCUT2D eigenvalue weighted by Gasteiger charge is 2.26. The van der Waals surface area contributed by atoms with Gasteiger partial charge in [-0.05, 0) is 9.91 Å². The molecule has 0 aromatic carbocycles. The van der Waals surface area contributed by atoms with Crippen LogP contribution in [0.15, 0.2) is 6.07 Å². The molecule has 1 heterocycles. The predicted molar refractivity (Wildman–Crippen MR) is 48.9 cm³/mol. The van der Waals surface area contributed by atoms with Crippen molar-refractivity contribution in [2.75, 3.05) is 0 Å². The van der Waals surface area contributed by atoms with E-state index in [0.29, 0.717) is 6.07 Å². The minimum absolute atomic E-state index is 0.408. The van der Waals surface area contributed by atoms with Gasteiger partial charge in [0.2, 0.25) is 5.69 Å². The van der Waals surface area contributed by atoms with E-state index in [1.807, 2.05) is 0 Å². The quantitative estimate of drug-likeness (QED) is 0.612. The molecule has 1 rings (SSSR count). The van der Waals surface area contributed by atoms with Crippen LogP contribution >= 0.6 is 0 Å². The molecule has 0 bridgehead atoms. The fourth-order valence-corrected chi connectivity index (χ4v) is 1.12. The van der Waals surface area contributed by atoms with Crippen LogP contribution in [-0.2, 0) is 11.2 Å². The number of aromatic nitrogens is 1. The van der Waals surface area contributed by atoms with Crippen LogP contribution in [-0.4, -0.2) is 26.1 Å². The van der Waals surface area contributed by atoms with Gasteiger partial charge in [-0.15, -0.1) is 0 Å². The van der Waals surface area contributed by atoms with Crippen LogP contribution in [0.25, 0.3) is 0 Å². The van der Waals surface area contributed by atoms with Crippen molar-refractivity contribution in [3.8, 4) is 5.75 Å². The van der Waals surface area contributed by atoms with Crippen molar-refractivity contribution in [2.45, 2.75) is 12.8 Å². The first-order valence-corrected chi connectivity index (χ1v) is 4.20. The Morgan fingerprint density at radius 2 is 2.18 bits per heavy atom. The first kappa shape index (κ1) is 12.7. The lowest BCUT2D eigenvalue weighted by Crippen LogP contribution is -2.06. The van der Waals surface area contributed by atoms with Crippen LogP contribution in [0.5, 0.6) is 5.75 Å². The van der Waals surface area contributed by atoms with Crippen molar-refractivity contribution in [3.05, 3.63) is 27.4 Å². The van der Waals surface area contributed by atoms with Crippen molar-refractivity contribution < 1.29 is 28.7 Å². The maximum atomic E-state index is 12.4. The number of hydrogen-bond donors (Lipinski definition) is 2. The molecule has 0 spiro atoms. The number of pyridine rings is 1. The molecule has 0 atom stereocenters. The van der Waals surface area contributed by atoms with Gasteiger partial charge >= 0.3 is 11.8 Å². The molecule has 92 valence electrons. The fraction of sp³-hybridized carbons (Fsp3) is 0.250. The summed E-state index contributed by atoms with van der Waals surface area (Å²) in [4.78, 5) is 22.9. The molecule has 9 heteroatoms. The Bertz CT molecular complexity index is 477. The van der Waals surface area contributed by atoms with E-state index >= 15 is 0 Å². The van der Waals surface area contributed by atoms with Crippen LogP contribution in [0.1, 0.15) is 17.7 Å². The molecule has 0 amide bonds. The number of alkyl halides is 2. The van der Waals surface area contributed by atoms with Crippen molar-refractivity contribution >= 4 is 11.8 Å². The lowest BCUT2D eigenvalue weighted by atomic mass is 10.1. The minimum Gasteiger partial charge on any atom is -0.504 e. The molecule has 0 saturated heterocycles. The van der Waals surface area contributed by atoms with E-state index in [-0.39, 0.29) is 0 Å². The summed E-state index contributed by atoms with van der Waals surface area (Å²) in [7, 11) is 0. The second kappa shape index (κ2) is 4.68. The second-order valence-electron chi connectivity index (χ2n) is 2.99. The van der Waals surface area contributed by atoms with E-state index < -0.39 is 46.6 Å². The van der Waals surface area contributed by atoms with Crippen LogP contribution in [0.3, 0.4) is 0 Å². The Labute approximate surface area is 92.5 Å². The summed E-state index contributed by atoms with van der Waals surface area (Å²) in [5.41, 5.74) is -1.68. The molecule has 0 aliphatic heterocycles. The highest BCUT2D eigenvalue weighted by molar-refractivity contribution is 5.71. The Morgan fingerprint density at radius 1 is 1.59 bits per heavy atom. The average molecular weight is 248 g/mol. The molecule has 1 aromatic heterocycles. The van der Waals surface area contributed by atoms with Gasteiger partial charge in [-0.1, -0.05) is 0 Å². The third kappa shape index (κ3) is 2.83. The third-order valence-electron chi connectivity index (χ3n) is 1.82. The molecule has 0 aliphatic rings. The van der Waals surface area contributed by atoms with E-state index in [4.69, 9.17) is 5.11 Å². The summed E-state index contributed by atoms with van der Waals surface area (Å²) < 4.78 is 24.9. The van der Waals surface area contributed by atoms with E-state index in [1.165, 1.54) is 0 Å². The number of carboxylic acid groups (broad SMARTS) is 1. The first-order valence-electron chi connectivity index (χ1n) is 4.20. The molecule has 2 N–H and O–H groups in total. The summed E-state index contributed by atoms with van der Waals surface area (Å²) in [6.45, 7) is 0. The minimum atomic E-state index is -3.16. The Hall–Kier alpha value is -2.32. The van der Waals surface area contributed by atoms with Crippen LogP contribution in [0.4, 0.5) is 14.6 Å². The molecule has 0 unspecified atom stereocenters. The van der Waals surface area contributed by atoms with E-state index in [2.05, 4.69) is 4.98 Å². The molecule has 17 heavy (non-hydrogen) atoms. The van der Waals surface area contributed by atoms with Crippen molar-refractivity contribution in [1.82, 2.24) is 4.98 Å². The van der Waals surface area contributed by atoms with Crippen LogP contribution in [0.2, 0.25) is 0 Å². The maximum absolute atomic E-state index is 12.4. The van der Waals surface area contributed by atoms with Gasteiger partial charge in [-0.25, -0.2) is 8.78 Å². The monoisotopic (exact) mass is 248 g/mol. The molecule has 0 radical (unpaired) electrons. The first-order chi connectivity index (χ1) is 7.82. The topological polar surface area (TPSA) is 114 Å². The van der Waals surface area contributed by atoms with Crippen molar-refractivity contribution in [1.29, 1.82) is 0 Å². The Balaban J connectivity index is 3.37. The second-order valence-corrected chi connectivity index (χ2v) is 2.99. The molecular formula is C8H6F2N2O5. The zero-order valence-electron chi connectivity index (χ0n) is 8.13. The van der Waals surface area contributed by atoms with Gasteiger partial charge in [0.25, 0.3) is 6.43 Å².